The van der Waals surface area contributed by atoms with E-state index in [4.69, 9.17) is 0 Å². The maximum Gasteiger partial charge on any atom is 0.270 e. The van der Waals surface area contributed by atoms with Crippen molar-refractivity contribution in [3.63, 3.8) is 0 Å². The summed E-state index contributed by atoms with van der Waals surface area (Å²) in [6, 6.07) is 6.66. The topological polar surface area (TPSA) is 187 Å². The molecule has 1 aromatic heterocycles. The van der Waals surface area contributed by atoms with Crippen LogP contribution in [0.2, 0.25) is 0 Å². The Kier molecular flexibility index (Phi) is 5.76. The molecule has 0 saturated carbocycles. The summed E-state index contributed by atoms with van der Waals surface area (Å²) in [5.41, 5.74) is -1.99. The van der Waals surface area contributed by atoms with E-state index in [0.29, 0.717) is 6.42 Å². The molecule has 1 aliphatic rings. The van der Waals surface area contributed by atoms with Crippen molar-refractivity contribution in [3.05, 3.63) is 72.5 Å². The van der Waals surface area contributed by atoms with Gasteiger partial charge in [0.2, 0.25) is 0 Å². The molecule has 2 N–H and O–H groups in total. The molecule has 13 nitrogen and oxygen atoms in total. The van der Waals surface area contributed by atoms with Gasteiger partial charge in [-0.15, -0.1) is 0 Å². The fourth-order valence-electron chi connectivity index (χ4n) is 3.72. The van der Waals surface area contributed by atoms with E-state index in [9.17, 15) is 38.5 Å². The number of pyridine rings is 1. The van der Waals surface area contributed by atoms with Crippen molar-refractivity contribution in [2.75, 3.05) is 0 Å². The largest absolute Gasteiger partial charge is 0.506 e. The quantitative estimate of drug-likeness (QED) is 0.381. The van der Waals surface area contributed by atoms with Crippen LogP contribution < -0.4 is 10.3 Å². The van der Waals surface area contributed by atoms with Crippen molar-refractivity contribution in [2.24, 2.45) is 10.9 Å². The van der Waals surface area contributed by atoms with Gasteiger partial charge in [-0.3, -0.25) is 29.7 Å². The molecule has 2 heterocycles. The van der Waals surface area contributed by atoms with Gasteiger partial charge < -0.3 is 9.67 Å². The van der Waals surface area contributed by atoms with Gasteiger partial charge in [0.05, 0.1) is 21.1 Å². The van der Waals surface area contributed by atoms with Crippen LogP contribution in [0.1, 0.15) is 25.8 Å². The number of hydrogen-bond acceptors (Lipinski definition) is 9. The number of fused-ring (bicyclic) bond motifs is 2. The molecule has 0 saturated heterocycles. The number of aromatic nitrogens is 1. The predicted molar refractivity (Wildman–Crippen MR) is 126 cm³/mol. The fourth-order valence-corrected chi connectivity index (χ4v) is 4.90. The number of sulfonamides is 1. The summed E-state index contributed by atoms with van der Waals surface area (Å²) in [5, 5.41) is 33.3. The lowest BCUT2D eigenvalue weighted by atomic mass is 10.1. The van der Waals surface area contributed by atoms with Gasteiger partial charge in [-0.1, -0.05) is 13.8 Å². The molecule has 3 aromatic rings. The third-order valence-corrected chi connectivity index (χ3v) is 6.87. The van der Waals surface area contributed by atoms with Gasteiger partial charge in [-0.25, -0.2) is 13.4 Å². The van der Waals surface area contributed by atoms with Gasteiger partial charge in [-0.2, -0.15) is 0 Å². The number of aryl methyl sites for hydroxylation is 1. The van der Waals surface area contributed by atoms with Crippen LogP contribution in [0.5, 0.6) is 5.75 Å². The molecular formula is C21H19N5O8S. The average molecular weight is 501 g/mol. The lowest BCUT2D eigenvalue weighted by Gasteiger charge is -2.20. The van der Waals surface area contributed by atoms with E-state index < -0.39 is 53.2 Å². The van der Waals surface area contributed by atoms with Gasteiger partial charge in [0.1, 0.15) is 16.2 Å². The Morgan fingerprint density at radius 2 is 1.71 bits per heavy atom. The van der Waals surface area contributed by atoms with Gasteiger partial charge in [0.15, 0.2) is 5.84 Å². The fraction of sp³-hybridized carbons (Fsp3) is 0.238. The highest BCUT2D eigenvalue weighted by molar-refractivity contribution is 7.90. The highest BCUT2D eigenvalue weighted by atomic mass is 32.2. The number of benzene rings is 2. The second-order valence-corrected chi connectivity index (χ2v) is 9.95. The van der Waals surface area contributed by atoms with E-state index in [2.05, 4.69) is 9.71 Å². The number of nitrogens with one attached hydrogen (secondary N) is 1. The molecule has 0 amide bonds. The molecule has 0 aliphatic carbocycles. The molecule has 1 aliphatic heterocycles. The van der Waals surface area contributed by atoms with Gasteiger partial charge in [0, 0.05) is 36.2 Å². The Balaban J connectivity index is 2.02. The Labute approximate surface area is 197 Å². The SMILES string of the molecule is CC(C)CCn1c(=O)c(C2=Nc3ccc([N+](=O)[O-])cc3S(=O)(=O)N2)c(O)c2cc([N+](=O)[O-])ccc21. The Morgan fingerprint density at radius 1 is 1.09 bits per heavy atom. The summed E-state index contributed by atoms with van der Waals surface area (Å²) in [4.78, 5) is 38.1. The molecule has 2 aromatic carbocycles. The normalized spacial score (nSPS) is 14.3. The molecule has 0 radical (unpaired) electrons. The Bertz CT molecular complexity index is 1610. The van der Waals surface area contributed by atoms with Crippen LogP contribution in [0.3, 0.4) is 0 Å². The molecule has 4 rings (SSSR count). The molecule has 0 fully saturated rings. The summed E-state index contributed by atoms with van der Waals surface area (Å²) in [7, 11) is -4.40. The molecule has 35 heavy (non-hydrogen) atoms. The first-order valence-corrected chi connectivity index (χ1v) is 11.8. The van der Waals surface area contributed by atoms with Crippen molar-refractivity contribution in [1.82, 2.24) is 9.29 Å². The second-order valence-electron chi connectivity index (χ2n) is 8.30. The zero-order chi connectivity index (χ0) is 25.7. The maximum absolute atomic E-state index is 13.5. The number of nitrogens with zero attached hydrogens (tertiary/aromatic N) is 4. The van der Waals surface area contributed by atoms with Crippen molar-refractivity contribution in [3.8, 4) is 5.75 Å². The van der Waals surface area contributed by atoms with E-state index in [1.165, 1.54) is 16.7 Å². The zero-order valence-electron chi connectivity index (χ0n) is 18.5. The first kappa shape index (κ1) is 23.8. The minimum atomic E-state index is -4.40. The van der Waals surface area contributed by atoms with Gasteiger partial charge in [0.25, 0.3) is 27.0 Å². The highest BCUT2D eigenvalue weighted by Crippen LogP contribution is 2.35. The molecular weight excluding hydrogens is 482 g/mol. The van der Waals surface area contributed by atoms with Crippen LogP contribution in [0.25, 0.3) is 10.9 Å². The Hall–Kier alpha value is -4.33. The number of aliphatic imine (C=N–C) groups is 1. The minimum absolute atomic E-state index is 0.0334. The maximum atomic E-state index is 13.5. The number of nitro groups is 2. The molecule has 0 atom stereocenters. The number of nitro benzene ring substituents is 2. The van der Waals surface area contributed by atoms with Crippen LogP contribution in [-0.2, 0) is 16.6 Å². The summed E-state index contributed by atoms with van der Waals surface area (Å²) in [6.07, 6.45) is 0.556. The molecule has 0 unspecified atom stereocenters. The van der Waals surface area contributed by atoms with Crippen LogP contribution >= 0.6 is 0 Å². The smallest absolute Gasteiger partial charge is 0.270 e. The minimum Gasteiger partial charge on any atom is -0.506 e. The van der Waals surface area contributed by atoms with Gasteiger partial charge >= 0.3 is 0 Å². The molecule has 14 heteroatoms. The number of rotatable bonds is 6. The molecule has 0 spiro atoms. The Morgan fingerprint density at radius 3 is 2.34 bits per heavy atom. The van der Waals surface area contributed by atoms with Crippen LogP contribution in [-0.4, -0.2) is 33.8 Å². The number of non-ortho nitro benzene ring substituents is 2. The second kappa shape index (κ2) is 8.47. The summed E-state index contributed by atoms with van der Waals surface area (Å²) in [6.45, 7) is 4.07. The summed E-state index contributed by atoms with van der Waals surface area (Å²) < 4.78 is 29.1. The zero-order valence-corrected chi connectivity index (χ0v) is 19.3. The van der Waals surface area contributed by atoms with Crippen LogP contribution in [0.4, 0.5) is 17.1 Å². The lowest BCUT2D eigenvalue weighted by Crippen LogP contribution is -2.39. The first-order chi connectivity index (χ1) is 16.4. The van der Waals surface area contributed by atoms with E-state index in [-0.39, 0.29) is 34.7 Å². The number of aromatic hydroxyl groups is 1. The van der Waals surface area contributed by atoms with Crippen molar-refractivity contribution >= 4 is 43.8 Å². The van der Waals surface area contributed by atoms with E-state index in [1.54, 1.807) is 0 Å². The van der Waals surface area contributed by atoms with Gasteiger partial charge in [-0.05, 0) is 24.5 Å². The highest BCUT2D eigenvalue weighted by Gasteiger charge is 2.32. The molecule has 182 valence electrons. The van der Waals surface area contributed by atoms with Crippen molar-refractivity contribution < 1.29 is 23.4 Å². The monoisotopic (exact) mass is 501 g/mol. The van der Waals surface area contributed by atoms with Crippen molar-refractivity contribution in [2.45, 2.75) is 31.7 Å². The molecule has 0 bridgehead atoms. The number of amidine groups is 1. The first-order valence-electron chi connectivity index (χ1n) is 10.3. The standard InChI is InChI=1S/C21H19N5O8S/c1-11(2)7-8-24-16-6-4-12(25(29)30)9-14(16)19(27)18(21(24)28)20-22-15-5-3-13(26(31)32)10-17(15)35(33,34)23-20/h3-6,9-11,27H,7-8H2,1-2H3,(H,22,23). The predicted octanol–water partition coefficient (Wildman–Crippen LogP) is 2.94. The van der Waals surface area contributed by atoms with Crippen LogP contribution in [0, 0.1) is 26.1 Å². The van der Waals surface area contributed by atoms with E-state index in [1.807, 2.05) is 13.8 Å². The number of hydrogen-bond donors (Lipinski definition) is 2. The van der Waals surface area contributed by atoms with E-state index >= 15 is 0 Å². The third-order valence-electron chi connectivity index (χ3n) is 5.51. The lowest BCUT2D eigenvalue weighted by molar-refractivity contribution is -0.385. The van der Waals surface area contributed by atoms with Crippen molar-refractivity contribution in [1.29, 1.82) is 0 Å². The summed E-state index contributed by atoms with van der Waals surface area (Å²) >= 11 is 0. The third kappa shape index (κ3) is 4.19. The van der Waals surface area contributed by atoms with Crippen LogP contribution in [0.15, 0.2) is 51.1 Å². The summed E-state index contributed by atoms with van der Waals surface area (Å²) in [5.74, 6) is -0.984. The van der Waals surface area contributed by atoms with E-state index in [0.717, 1.165) is 24.3 Å². The average Bonchev–Trinajstić information content (AvgIpc) is 2.77.